The zero-order chi connectivity index (χ0) is 14.3. The normalized spacial score (nSPS) is 20.9. The van der Waals surface area contributed by atoms with Crippen molar-refractivity contribution < 1.29 is 14.0 Å². The first-order valence-corrected chi connectivity index (χ1v) is 6.24. The van der Waals surface area contributed by atoms with E-state index >= 15 is 0 Å². The smallest absolute Gasteiger partial charge is 0.249 e. The average Bonchev–Trinajstić information content (AvgIpc) is 2.46. The van der Waals surface area contributed by atoms with Crippen LogP contribution in [-0.4, -0.2) is 47.4 Å². The van der Waals surface area contributed by atoms with Crippen molar-refractivity contribution >= 4 is 23.3 Å². The Morgan fingerprint density at radius 3 is 3.10 bits per heavy atom. The number of aromatic nitrogens is 1. The topological polar surface area (TPSA) is 65.5 Å². The van der Waals surface area contributed by atoms with Crippen molar-refractivity contribution in [3.63, 3.8) is 0 Å². The number of anilines is 2. The third kappa shape index (κ3) is 1.91. The fourth-order valence-electron chi connectivity index (χ4n) is 2.56. The second-order valence-corrected chi connectivity index (χ2v) is 4.71. The van der Waals surface area contributed by atoms with E-state index in [2.05, 4.69) is 16.9 Å². The highest BCUT2D eigenvalue weighted by Gasteiger charge is 2.39. The SMILES string of the molecule is C=CC(=O)N1CCN2c3ncc(F)cc3NC(=O)C2C1. The Balaban J connectivity index is 1.91. The number of hydrogen-bond donors (Lipinski definition) is 1. The molecule has 3 rings (SSSR count). The molecule has 0 radical (unpaired) electrons. The van der Waals surface area contributed by atoms with E-state index in [-0.39, 0.29) is 18.4 Å². The second-order valence-electron chi connectivity index (χ2n) is 4.71. The Labute approximate surface area is 114 Å². The van der Waals surface area contributed by atoms with Gasteiger partial charge in [-0.05, 0) is 6.08 Å². The second kappa shape index (κ2) is 4.59. The molecule has 0 spiro atoms. The quantitative estimate of drug-likeness (QED) is 0.753. The third-order valence-electron chi connectivity index (χ3n) is 3.53. The lowest BCUT2D eigenvalue weighted by molar-refractivity contribution is -0.128. The summed E-state index contributed by atoms with van der Waals surface area (Å²) in [5.74, 6) is -0.411. The number of carbonyl (C=O) groups excluding carboxylic acids is 2. The van der Waals surface area contributed by atoms with Gasteiger partial charge in [0.2, 0.25) is 11.8 Å². The lowest BCUT2D eigenvalue weighted by Gasteiger charge is -2.43. The first kappa shape index (κ1) is 12.6. The molecule has 0 aliphatic carbocycles. The number of hydrogen-bond acceptors (Lipinski definition) is 4. The van der Waals surface area contributed by atoms with Crippen LogP contribution < -0.4 is 10.2 Å². The van der Waals surface area contributed by atoms with Crippen LogP contribution in [0.2, 0.25) is 0 Å². The number of halogens is 1. The molecular weight excluding hydrogens is 263 g/mol. The number of nitrogens with one attached hydrogen (secondary N) is 1. The number of carbonyl (C=O) groups is 2. The van der Waals surface area contributed by atoms with Crippen LogP contribution in [0.5, 0.6) is 0 Å². The fraction of sp³-hybridized carbons (Fsp3) is 0.308. The van der Waals surface area contributed by atoms with Gasteiger partial charge in [0.05, 0.1) is 18.4 Å². The van der Waals surface area contributed by atoms with Gasteiger partial charge in [0.1, 0.15) is 11.9 Å². The van der Waals surface area contributed by atoms with Crippen molar-refractivity contribution in [2.75, 3.05) is 29.9 Å². The number of pyridine rings is 1. The summed E-state index contributed by atoms with van der Waals surface area (Å²) in [4.78, 5) is 31.1. The Hall–Kier alpha value is -2.44. The minimum Gasteiger partial charge on any atom is -0.339 e. The Morgan fingerprint density at radius 2 is 2.35 bits per heavy atom. The molecule has 1 fully saturated rings. The monoisotopic (exact) mass is 276 g/mol. The molecule has 0 saturated carbocycles. The van der Waals surface area contributed by atoms with Crippen LogP contribution in [0, 0.1) is 5.82 Å². The maximum Gasteiger partial charge on any atom is 0.249 e. The van der Waals surface area contributed by atoms with Crippen LogP contribution in [0.15, 0.2) is 24.9 Å². The summed E-state index contributed by atoms with van der Waals surface area (Å²) < 4.78 is 13.2. The van der Waals surface area contributed by atoms with Gasteiger partial charge in [0.25, 0.3) is 0 Å². The van der Waals surface area contributed by atoms with Gasteiger partial charge in [0.15, 0.2) is 5.82 Å². The van der Waals surface area contributed by atoms with Crippen LogP contribution >= 0.6 is 0 Å². The molecule has 7 heteroatoms. The van der Waals surface area contributed by atoms with Crippen molar-refractivity contribution in [2.24, 2.45) is 0 Å². The number of piperazine rings is 1. The molecule has 2 aliphatic heterocycles. The average molecular weight is 276 g/mol. The molecule has 1 unspecified atom stereocenters. The first-order valence-electron chi connectivity index (χ1n) is 6.24. The molecule has 104 valence electrons. The Bertz CT molecular complexity index is 604. The van der Waals surface area contributed by atoms with Crippen molar-refractivity contribution in [1.82, 2.24) is 9.88 Å². The van der Waals surface area contributed by atoms with Crippen molar-refractivity contribution in [1.29, 1.82) is 0 Å². The molecule has 2 amide bonds. The van der Waals surface area contributed by atoms with E-state index in [4.69, 9.17) is 0 Å². The predicted octanol–water partition coefficient (Wildman–Crippen LogP) is 0.376. The van der Waals surface area contributed by atoms with E-state index in [1.165, 1.54) is 12.1 Å². The highest BCUT2D eigenvalue weighted by molar-refractivity contribution is 6.03. The maximum absolute atomic E-state index is 13.2. The summed E-state index contributed by atoms with van der Waals surface area (Å²) in [5.41, 5.74) is 0.370. The van der Waals surface area contributed by atoms with Crippen LogP contribution in [0.1, 0.15) is 0 Å². The lowest BCUT2D eigenvalue weighted by atomic mass is 10.1. The van der Waals surface area contributed by atoms with E-state index in [1.54, 1.807) is 9.80 Å². The highest BCUT2D eigenvalue weighted by atomic mass is 19.1. The molecule has 0 bridgehead atoms. The van der Waals surface area contributed by atoms with Crippen LogP contribution in [-0.2, 0) is 9.59 Å². The van der Waals surface area contributed by atoms with Crippen molar-refractivity contribution in [2.45, 2.75) is 6.04 Å². The molecule has 0 aromatic carbocycles. The molecule has 3 heterocycles. The van der Waals surface area contributed by atoms with Crippen LogP contribution in [0.3, 0.4) is 0 Å². The lowest BCUT2D eigenvalue weighted by Crippen LogP contribution is -2.61. The number of nitrogens with zero attached hydrogens (tertiary/aromatic N) is 3. The van der Waals surface area contributed by atoms with Gasteiger partial charge in [-0.1, -0.05) is 6.58 Å². The summed E-state index contributed by atoms with van der Waals surface area (Å²) in [7, 11) is 0. The van der Waals surface area contributed by atoms with E-state index < -0.39 is 11.9 Å². The van der Waals surface area contributed by atoms with Gasteiger partial charge in [-0.3, -0.25) is 9.59 Å². The molecule has 1 saturated heterocycles. The highest BCUT2D eigenvalue weighted by Crippen LogP contribution is 2.31. The summed E-state index contributed by atoms with van der Waals surface area (Å²) in [6, 6.07) is 0.746. The predicted molar refractivity (Wildman–Crippen MR) is 70.7 cm³/mol. The first-order chi connectivity index (χ1) is 9.60. The third-order valence-corrected chi connectivity index (χ3v) is 3.53. The summed E-state index contributed by atoms with van der Waals surface area (Å²) in [5, 5.41) is 2.63. The minimum absolute atomic E-state index is 0.199. The van der Waals surface area contributed by atoms with Crippen molar-refractivity contribution in [3.8, 4) is 0 Å². The molecule has 20 heavy (non-hydrogen) atoms. The van der Waals surface area contributed by atoms with E-state index in [1.807, 2.05) is 0 Å². The maximum atomic E-state index is 13.2. The Kier molecular flexibility index (Phi) is 2.89. The number of fused-ring (bicyclic) bond motifs is 3. The molecule has 6 nitrogen and oxygen atoms in total. The van der Waals surface area contributed by atoms with Crippen LogP contribution in [0.25, 0.3) is 0 Å². The van der Waals surface area contributed by atoms with Gasteiger partial charge in [-0.2, -0.15) is 0 Å². The molecule has 1 aromatic rings. The summed E-state index contributed by atoms with van der Waals surface area (Å²) in [6.07, 6.45) is 2.35. The van der Waals surface area contributed by atoms with Gasteiger partial charge in [-0.15, -0.1) is 0 Å². The summed E-state index contributed by atoms with van der Waals surface area (Å²) in [6.45, 7) is 4.67. The molecule has 1 aromatic heterocycles. The summed E-state index contributed by atoms with van der Waals surface area (Å²) >= 11 is 0. The molecular formula is C13H13FN4O2. The van der Waals surface area contributed by atoms with Crippen molar-refractivity contribution in [3.05, 3.63) is 30.7 Å². The largest absolute Gasteiger partial charge is 0.339 e. The van der Waals surface area contributed by atoms with Gasteiger partial charge in [-0.25, -0.2) is 9.37 Å². The molecule has 1 N–H and O–H groups in total. The molecule has 2 aliphatic rings. The van der Waals surface area contributed by atoms with Gasteiger partial charge >= 0.3 is 0 Å². The van der Waals surface area contributed by atoms with E-state index in [0.29, 0.717) is 24.6 Å². The zero-order valence-electron chi connectivity index (χ0n) is 10.7. The van der Waals surface area contributed by atoms with Gasteiger partial charge in [0, 0.05) is 19.2 Å². The van der Waals surface area contributed by atoms with E-state index in [0.717, 1.165) is 6.20 Å². The van der Waals surface area contributed by atoms with E-state index in [9.17, 15) is 14.0 Å². The number of amides is 2. The molecule has 1 atom stereocenters. The van der Waals surface area contributed by atoms with Gasteiger partial charge < -0.3 is 15.1 Å². The standard InChI is InChI=1S/C13H13FN4O2/c1-2-11(19)17-3-4-18-10(7-17)13(20)16-9-5-8(14)6-15-12(9)18/h2,5-6,10H,1,3-4,7H2,(H,16,20). The minimum atomic E-state index is -0.502. The van der Waals surface area contributed by atoms with Crippen LogP contribution in [0.4, 0.5) is 15.9 Å². The fourth-order valence-corrected chi connectivity index (χ4v) is 2.56. The number of rotatable bonds is 1. The zero-order valence-corrected chi connectivity index (χ0v) is 10.7. The Morgan fingerprint density at radius 1 is 1.55 bits per heavy atom.